The molecule has 23 heavy (non-hydrogen) atoms. The van der Waals surface area contributed by atoms with E-state index in [1.807, 2.05) is 11.3 Å². The molecule has 0 spiro atoms. The van der Waals surface area contributed by atoms with Gasteiger partial charge in [-0.3, -0.25) is 0 Å². The summed E-state index contributed by atoms with van der Waals surface area (Å²) in [6.45, 7) is 6.98. The molecule has 3 atom stereocenters. The van der Waals surface area contributed by atoms with Crippen molar-refractivity contribution in [2.24, 2.45) is 5.92 Å². The molecule has 124 valence electrons. The molecule has 0 aromatic carbocycles. The van der Waals surface area contributed by atoms with Crippen molar-refractivity contribution in [2.45, 2.75) is 71.4 Å². The predicted molar refractivity (Wildman–Crippen MR) is 98.9 cm³/mol. The van der Waals surface area contributed by atoms with E-state index in [9.17, 15) is 0 Å². The van der Waals surface area contributed by atoms with E-state index in [0.717, 1.165) is 23.0 Å². The van der Waals surface area contributed by atoms with E-state index < -0.39 is 0 Å². The summed E-state index contributed by atoms with van der Waals surface area (Å²) in [5, 5.41) is 1.69. The second-order valence-corrected chi connectivity index (χ2v) is 8.81. The molecule has 3 nitrogen and oxygen atoms in total. The maximum Gasteiger partial charge on any atom is 0.225 e. The molecule has 3 heterocycles. The van der Waals surface area contributed by atoms with Gasteiger partial charge in [-0.05, 0) is 75.5 Å². The lowest BCUT2D eigenvalue weighted by Gasteiger charge is -2.40. The molecule has 1 saturated heterocycles. The quantitative estimate of drug-likeness (QED) is 0.659. The Labute approximate surface area is 147 Å². The Morgan fingerprint density at radius 3 is 2.57 bits per heavy atom. The number of piperidine rings is 1. The van der Waals surface area contributed by atoms with E-state index in [1.165, 1.54) is 47.9 Å². The van der Waals surface area contributed by atoms with Gasteiger partial charge in [-0.25, -0.2) is 4.98 Å². The third-order valence-corrected chi connectivity index (χ3v) is 6.86. The van der Waals surface area contributed by atoms with Crippen molar-refractivity contribution >= 4 is 39.0 Å². The van der Waals surface area contributed by atoms with E-state index in [-0.39, 0.29) is 0 Å². The first-order valence-corrected chi connectivity index (χ1v) is 10.00. The predicted octanol–water partition coefficient (Wildman–Crippen LogP) is 5.24. The van der Waals surface area contributed by atoms with Crippen LogP contribution in [0.15, 0.2) is 0 Å². The van der Waals surface area contributed by atoms with Crippen molar-refractivity contribution in [2.75, 3.05) is 4.90 Å². The molecule has 2 aromatic heterocycles. The van der Waals surface area contributed by atoms with Gasteiger partial charge in [0, 0.05) is 17.0 Å². The van der Waals surface area contributed by atoms with E-state index in [2.05, 4.69) is 30.7 Å². The number of halogens is 1. The van der Waals surface area contributed by atoms with Crippen LogP contribution in [-0.4, -0.2) is 22.1 Å². The number of rotatable bonds is 1. The number of aromatic nitrogens is 2. The first-order chi connectivity index (χ1) is 11.0. The summed E-state index contributed by atoms with van der Waals surface area (Å²) in [7, 11) is 0. The second-order valence-electron chi connectivity index (χ2n) is 7.38. The van der Waals surface area contributed by atoms with Gasteiger partial charge in [-0.15, -0.1) is 11.3 Å². The summed E-state index contributed by atoms with van der Waals surface area (Å²) in [4.78, 5) is 14.4. The first-order valence-electron chi connectivity index (χ1n) is 8.80. The molecule has 2 aliphatic rings. The van der Waals surface area contributed by atoms with Crippen LogP contribution < -0.4 is 4.90 Å². The van der Waals surface area contributed by atoms with Gasteiger partial charge in [0.2, 0.25) is 5.28 Å². The minimum atomic E-state index is 0.393. The summed E-state index contributed by atoms with van der Waals surface area (Å²) in [6.07, 6.45) is 7.38. The molecule has 0 amide bonds. The monoisotopic (exact) mass is 349 g/mol. The highest BCUT2D eigenvalue weighted by Gasteiger charge is 2.31. The average molecular weight is 350 g/mol. The van der Waals surface area contributed by atoms with Crippen LogP contribution >= 0.6 is 22.9 Å². The third-order valence-electron chi connectivity index (χ3n) is 5.55. The van der Waals surface area contributed by atoms with Crippen LogP contribution in [0.5, 0.6) is 0 Å². The molecular weight excluding hydrogens is 326 g/mol. The van der Waals surface area contributed by atoms with Crippen LogP contribution in [0.1, 0.15) is 56.9 Å². The van der Waals surface area contributed by atoms with E-state index >= 15 is 0 Å². The summed E-state index contributed by atoms with van der Waals surface area (Å²) < 4.78 is 0. The second kappa shape index (κ2) is 5.89. The third kappa shape index (κ3) is 2.64. The zero-order valence-electron chi connectivity index (χ0n) is 14.1. The molecule has 0 saturated carbocycles. The van der Waals surface area contributed by atoms with Gasteiger partial charge >= 0.3 is 0 Å². The van der Waals surface area contributed by atoms with E-state index in [0.29, 0.717) is 17.4 Å². The highest BCUT2D eigenvalue weighted by atomic mass is 35.5. The molecule has 4 rings (SSSR count). The Balaban J connectivity index is 1.91. The number of anilines is 1. The van der Waals surface area contributed by atoms with Crippen molar-refractivity contribution in [3.05, 3.63) is 15.7 Å². The lowest BCUT2D eigenvalue weighted by Crippen LogP contribution is -2.44. The zero-order chi connectivity index (χ0) is 16.1. The largest absolute Gasteiger partial charge is 0.351 e. The standard InChI is InChI=1S/C18H24ClN3S/c1-10-7-8-13-14(9-10)23-17-15(13)16(20-18(19)21-17)22-11(2)5-4-6-12(22)3/h10-12H,4-9H2,1-3H3. The summed E-state index contributed by atoms with van der Waals surface area (Å²) in [6, 6.07) is 1.04. The maximum atomic E-state index is 6.29. The fourth-order valence-electron chi connectivity index (χ4n) is 4.32. The van der Waals surface area contributed by atoms with Crippen molar-refractivity contribution in [1.29, 1.82) is 0 Å². The Kier molecular flexibility index (Phi) is 4.01. The fourth-order valence-corrected chi connectivity index (χ4v) is 5.92. The van der Waals surface area contributed by atoms with Crippen LogP contribution in [-0.2, 0) is 12.8 Å². The fraction of sp³-hybridized carbons (Fsp3) is 0.667. The number of thiophene rings is 1. The van der Waals surface area contributed by atoms with Crippen LogP contribution in [0.3, 0.4) is 0 Å². The minimum absolute atomic E-state index is 0.393. The van der Waals surface area contributed by atoms with Crippen molar-refractivity contribution in [1.82, 2.24) is 9.97 Å². The number of nitrogens with zero attached hydrogens (tertiary/aromatic N) is 3. The van der Waals surface area contributed by atoms with E-state index in [1.54, 1.807) is 0 Å². The summed E-state index contributed by atoms with van der Waals surface area (Å²) in [5.74, 6) is 1.86. The lowest BCUT2D eigenvalue weighted by molar-refractivity contribution is 0.412. The molecule has 2 aromatic rings. The average Bonchev–Trinajstić information content (AvgIpc) is 2.83. The topological polar surface area (TPSA) is 29.0 Å². The molecule has 3 unspecified atom stereocenters. The van der Waals surface area contributed by atoms with Gasteiger partial charge in [-0.1, -0.05) is 6.92 Å². The van der Waals surface area contributed by atoms with Crippen LogP contribution in [0.2, 0.25) is 5.28 Å². The SMILES string of the molecule is CC1CCc2c(sc3nc(Cl)nc(N4C(C)CCCC4C)c23)C1. The Hall–Kier alpha value is -0.870. The molecular formula is C18H24ClN3S. The van der Waals surface area contributed by atoms with Gasteiger partial charge in [-0.2, -0.15) is 4.98 Å². The van der Waals surface area contributed by atoms with Gasteiger partial charge in [0.1, 0.15) is 10.6 Å². The van der Waals surface area contributed by atoms with Gasteiger partial charge in [0.25, 0.3) is 0 Å². The number of aryl methyl sites for hydroxylation is 1. The number of hydrogen-bond acceptors (Lipinski definition) is 4. The molecule has 0 bridgehead atoms. The van der Waals surface area contributed by atoms with Crippen molar-refractivity contribution < 1.29 is 0 Å². The molecule has 1 aliphatic heterocycles. The van der Waals surface area contributed by atoms with Gasteiger partial charge in [0.15, 0.2) is 0 Å². The smallest absolute Gasteiger partial charge is 0.225 e. The van der Waals surface area contributed by atoms with Crippen molar-refractivity contribution in [3.63, 3.8) is 0 Å². The molecule has 1 fully saturated rings. The minimum Gasteiger partial charge on any atom is -0.351 e. The number of fused-ring (bicyclic) bond motifs is 3. The van der Waals surface area contributed by atoms with Gasteiger partial charge in [0.05, 0.1) is 5.39 Å². The zero-order valence-corrected chi connectivity index (χ0v) is 15.7. The molecule has 1 aliphatic carbocycles. The molecule has 5 heteroatoms. The first kappa shape index (κ1) is 15.6. The van der Waals surface area contributed by atoms with Crippen molar-refractivity contribution in [3.8, 4) is 0 Å². The van der Waals surface area contributed by atoms with Crippen LogP contribution in [0, 0.1) is 5.92 Å². The highest BCUT2D eigenvalue weighted by Crippen LogP contribution is 2.43. The summed E-state index contributed by atoms with van der Waals surface area (Å²) >= 11 is 8.12. The van der Waals surface area contributed by atoms with Crippen LogP contribution in [0.4, 0.5) is 5.82 Å². The number of hydrogen-bond donors (Lipinski definition) is 0. The Bertz CT molecular complexity index is 731. The Morgan fingerprint density at radius 2 is 1.83 bits per heavy atom. The van der Waals surface area contributed by atoms with Gasteiger partial charge < -0.3 is 4.90 Å². The summed E-state index contributed by atoms with van der Waals surface area (Å²) in [5.41, 5.74) is 1.50. The highest BCUT2D eigenvalue weighted by molar-refractivity contribution is 7.19. The van der Waals surface area contributed by atoms with E-state index in [4.69, 9.17) is 16.6 Å². The Morgan fingerprint density at radius 1 is 1.09 bits per heavy atom. The molecule has 0 N–H and O–H groups in total. The van der Waals surface area contributed by atoms with Crippen LogP contribution in [0.25, 0.3) is 10.2 Å². The lowest BCUT2D eigenvalue weighted by atomic mass is 9.89. The maximum absolute atomic E-state index is 6.29. The normalized spacial score (nSPS) is 28.2. The molecule has 0 radical (unpaired) electrons.